The topological polar surface area (TPSA) is 271 Å². The molecule has 2 aromatic heterocycles. The highest BCUT2D eigenvalue weighted by Gasteiger charge is 2.51. The molecule has 4 aromatic rings. The van der Waals surface area contributed by atoms with Crippen molar-refractivity contribution in [2.45, 2.75) is 95.7 Å². The Morgan fingerprint density at radius 3 is 2.33 bits per heavy atom. The molecule has 2 aliphatic rings. The van der Waals surface area contributed by atoms with Gasteiger partial charge in [0.1, 0.15) is 36.4 Å². The molecule has 0 bridgehead atoms. The number of rotatable bonds is 21. The molecular formula is C38H42ClN7O15. The van der Waals surface area contributed by atoms with Crippen LogP contribution in [0.5, 0.6) is 0 Å². The zero-order chi connectivity index (χ0) is 43.5. The maximum Gasteiger partial charge on any atom is 0.511 e. The Morgan fingerprint density at radius 2 is 1.67 bits per heavy atom. The van der Waals surface area contributed by atoms with E-state index in [9.17, 15) is 34.6 Å². The summed E-state index contributed by atoms with van der Waals surface area (Å²) in [5.74, 6) is -0.983. The summed E-state index contributed by atoms with van der Waals surface area (Å²) in [5, 5.41) is 29.6. The Morgan fingerprint density at radius 1 is 0.967 bits per heavy atom. The Labute approximate surface area is 351 Å². The molecule has 2 aromatic carbocycles. The van der Waals surface area contributed by atoms with Crippen molar-refractivity contribution in [3.8, 4) is 22.4 Å². The lowest BCUT2D eigenvalue weighted by molar-refractivity contribution is -0.790. The lowest BCUT2D eigenvalue weighted by Crippen LogP contribution is -2.36. The second-order valence-corrected chi connectivity index (χ2v) is 14.3. The molecule has 0 amide bonds. The van der Waals surface area contributed by atoms with Crippen LogP contribution in [0.4, 0.5) is 4.79 Å². The first-order valence-corrected chi connectivity index (χ1v) is 19.7. The highest BCUT2D eigenvalue weighted by atomic mass is 35.5. The minimum atomic E-state index is -1.42. The molecule has 23 heteroatoms. The molecule has 326 valence electrons. The number of halogens is 1. The van der Waals surface area contributed by atoms with Gasteiger partial charge in [-0.05, 0) is 36.0 Å². The Hall–Kier alpha value is -6.39. The molecule has 0 spiro atoms. The number of ether oxygens (including phenoxy) is 6. The van der Waals surface area contributed by atoms with Crippen LogP contribution in [-0.2, 0) is 55.9 Å². The number of benzene rings is 2. The van der Waals surface area contributed by atoms with Crippen molar-refractivity contribution in [1.82, 2.24) is 25.0 Å². The van der Waals surface area contributed by atoms with Crippen molar-refractivity contribution in [2.75, 3.05) is 19.8 Å². The van der Waals surface area contributed by atoms with Gasteiger partial charge in [-0.3, -0.25) is 4.79 Å². The summed E-state index contributed by atoms with van der Waals surface area (Å²) in [6.07, 6.45) is -3.68. The van der Waals surface area contributed by atoms with Crippen molar-refractivity contribution < 1.29 is 62.7 Å². The Kier molecular flexibility index (Phi) is 15.0. The van der Waals surface area contributed by atoms with Crippen LogP contribution < -0.4 is 0 Å². The van der Waals surface area contributed by atoms with Crippen LogP contribution in [0, 0.1) is 20.2 Å². The molecule has 2 fully saturated rings. The van der Waals surface area contributed by atoms with Crippen LogP contribution >= 0.6 is 11.6 Å². The third kappa shape index (κ3) is 11.7. The van der Waals surface area contributed by atoms with E-state index in [2.05, 4.69) is 30.1 Å². The fourth-order valence-corrected chi connectivity index (χ4v) is 7.18. The quantitative estimate of drug-likeness (QED) is 0.0376. The van der Waals surface area contributed by atoms with Crippen LogP contribution in [0.2, 0.25) is 5.15 Å². The van der Waals surface area contributed by atoms with Crippen molar-refractivity contribution in [2.24, 2.45) is 0 Å². The Balaban J connectivity index is 1.01. The van der Waals surface area contributed by atoms with E-state index in [4.69, 9.17) is 40.0 Å². The third-order valence-corrected chi connectivity index (χ3v) is 9.97. The summed E-state index contributed by atoms with van der Waals surface area (Å²) in [4.78, 5) is 73.0. The molecule has 22 nitrogen and oxygen atoms in total. The second-order valence-electron chi connectivity index (χ2n) is 13.9. The van der Waals surface area contributed by atoms with E-state index in [0.29, 0.717) is 17.9 Å². The van der Waals surface area contributed by atoms with Gasteiger partial charge in [0.05, 0.1) is 19.4 Å². The molecule has 61 heavy (non-hydrogen) atoms. The number of imidazole rings is 1. The largest absolute Gasteiger partial charge is 0.511 e. The van der Waals surface area contributed by atoms with Gasteiger partial charge in [0.2, 0.25) is 6.29 Å². The number of nitrogens with zero attached hydrogens (tertiary/aromatic N) is 6. The number of carbonyl (C=O) groups excluding carboxylic acids is 3. The molecule has 6 rings (SSSR count). The van der Waals surface area contributed by atoms with Gasteiger partial charge in [0.15, 0.2) is 23.1 Å². The van der Waals surface area contributed by atoms with Gasteiger partial charge in [-0.1, -0.05) is 73.5 Å². The first kappa shape index (κ1) is 44.2. The van der Waals surface area contributed by atoms with Crippen molar-refractivity contribution in [3.05, 3.63) is 97.2 Å². The van der Waals surface area contributed by atoms with E-state index >= 15 is 0 Å². The number of hydrogen-bond acceptors (Lipinski definition) is 18. The monoisotopic (exact) mass is 871 g/mol. The maximum absolute atomic E-state index is 13.6. The number of esters is 2. The molecule has 6 atom stereocenters. The number of unbranched alkanes of at least 4 members (excludes halogenated alkanes) is 1. The van der Waals surface area contributed by atoms with E-state index in [1.807, 2.05) is 55.5 Å². The number of aryl methyl sites for hydroxylation is 1. The van der Waals surface area contributed by atoms with Gasteiger partial charge >= 0.3 is 18.1 Å². The number of carbonyl (C=O) groups is 3. The van der Waals surface area contributed by atoms with Gasteiger partial charge in [-0.2, -0.15) is 15.4 Å². The van der Waals surface area contributed by atoms with E-state index in [1.165, 1.54) is 6.92 Å². The van der Waals surface area contributed by atoms with Gasteiger partial charge in [-0.15, -0.1) is 20.2 Å². The standard InChI is InChI=1S/C38H42ClN7O15/c1-3-4-11-31-41-36(39)33(44(31)18-23-13-15-24(16-14-23)26-9-5-6-10-27(26)28-17-40-43-42-28)37(48)57-22(2)58-38(49)60-30-21-55-34-29(20-54-35(30)34)59-32(47)12-7-8-25(61-46(52)53)19-56-45(50)51/h5-6,9-10,13-17,22,25,29-30,34-35H,3-4,7-8,11-12,18-21H2,1-2H3,(H,40,42,43)/t22?,25?,29-,30-,34-,35-/m1/s1. The fraction of sp³-hybridized carbons (Fsp3) is 0.474. The van der Waals surface area contributed by atoms with Crippen molar-refractivity contribution in [1.29, 1.82) is 0 Å². The lowest BCUT2D eigenvalue weighted by Gasteiger charge is -2.19. The van der Waals surface area contributed by atoms with Crippen LogP contribution in [0.15, 0.2) is 54.7 Å². The average Bonchev–Trinajstić information content (AvgIpc) is 4.03. The SMILES string of the molecule is CCCCc1nc(Cl)c(C(=O)OC(C)OC(=O)O[C@@H]2CO[C@H]3[C@@H]2OC[C@H]3OC(=O)CCCC(CO[N+](=O)[O-])O[N+](=O)[O-])n1Cc1ccc(-c2ccccc2-c2cn[nH]n2)cc1. The summed E-state index contributed by atoms with van der Waals surface area (Å²) in [6.45, 7) is 2.72. The second kappa shape index (κ2) is 20.7. The maximum atomic E-state index is 13.6. The average molecular weight is 872 g/mol. The number of hydrogen-bond donors (Lipinski definition) is 1. The van der Waals surface area contributed by atoms with Gasteiger partial charge in [0, 0.05) is 31.9 Å². The van der Waals surface area contributed by atoms with Gasteiger partial charge in [0.25, 0.3) is 10.2 Å². The van der Waals surface area contributed by atoms with E-state index in [0.717, 1.165) is 35.1 Å². The first-order valence-electron chi connectivity index (χ1n) is 19.3. The smallest absolute Gasteiger partial charge is 0.457 e. The van der Waals surface area contributed by atoms with Crippen molar-refractivity contribution >= 4 is 29.7 Å². The lowest BCUT2D eigenvalue weighted by atomic mass is 9.97. The minimum Gasteiger partial charge on any atom is -0.457 e. The minimum absolute atomic E-state index is 0.0161. The van der Waals surface area contributed by atoms with Crippen LogP contribution in [0.1, 0.15) is 67.8 Å². The van der Waals surface area contributed by atoms with Crippen LogP contribution in [-0.4, -0.2) is 110 Å². The predicted octanol–water partition coefficient (Wildman–Crippen LogP) is 5.07. The number of nitrogens with one attached hydrogen (secondary N) is 1. The number of aromatic amines is 1. The van der Waals surface area contributed by atoms with E-state index in [1.54, 1.807) is 10.8 Å². The molecule has 0 aliphatic carbocycles. The summed E-state index contributed by atoms with van der Waals surface area (Å²) < 4.78 is 34.7. The third-order valence-electron chi connectivity index (χ3n) is 9.71. The molecule has 2 aliphatic heterocycles. The summed E-state index contributed by atoms with van der Waals surface area (Å²) in [7, 11) is 0. The molecule has 1 N–H and O–H groups in total. The molecule has 0 radical (unpaired) electrons. The number of fused-ring (bicyclic) bond motifs is 1. The normalized spacial score (nSPS) is 19.0. The van der Waals surface area contributed by atoms with Gasteiger partial charge < -0.3 is 42.7 Å². The van der Waals surface area contributed by atoms with Gasteiger partial charge in [-0.25, -0.2) is 14.6 Å². The van der Waals surface area contributed by atoms with E-state index in [-0.39, 0.29) is 49.9 Å². The first-order chi connectivity index (χ1) is 29.4. The summed E-state index contributed by atoms with van der Waals surface area (Å²) in [6, 6.07) is 15.7. The van der Waals surface area contributed by atoms with E-state index < -0.39 is 71.7 Å². The fourth-order valence-electron chi connectivity index (χ4n) is 6.90. The predicted molar refractivity (Wildman–Crippen MR) is 206 cm³/mol. The molecule has 2 saturated heterocycles. The molecule has 2 unspecified atom stereocenters. The zero-order valence-corrected chi connectivity index (χ0v) is 33.7. The molecule has 0 saturated carbocycles. The van der Waals surface area contributed by atoms with Crippen LogP contribution in [0.3, 0.4) is 0 Å². The zero-order valence-electron chi connectivity index (χ0n) is 32.9. The number of H-pyrrole nitrogens is 1. The molecule has 4 heterocycles. The van der Waals surface area contributed by atoms with Crippen molar-refractivity contribution in [3.63, 3.8) is 0 Å². The summed E-state index contributed by atoms with van der Waals surface area (Å²) in [5.41, 5.74) is 4.38. The Bertz CT molecular complexity index is 2150. The number of aromatic nitrogens is 5. The highest BCUT2D eigenvalue weighted by molar-refractivity contribution is 6.32. The summed E-state index contributed by atoms with van der Waals surface area (Å²) >= 11 is 6.54. The van der Waals surface area contributed by atoms with Crippen LogP contribution in [0.25, 0.3) is 22.4 Å². The highest BCUT2D eigenvalue weighted by Crippen LogP contribution is 2.33. The molecular weight excluding hydrogens is 830 g/mol.